The minimum atomic E-state index is 0.108. The van der Waals surface area contributed by atoms with Crippen LogP contribution in [0.5, 0.6) is 5.75 Å². The number of hydrogen-bond donors (Lipinski definition) is 1. The quantitative estimate of drug-likeness (QED) is 0.860. The van der Waals surface area contributed by atoms with E-state index in [4.69, 9.17) is 14.9 Å². The standard InChI is InChI=1S/C13H17NO2/c1-3-15-12-6-4-5-10-8-11(7-9(2)14)16-13(10)12/h4-6,8-9H,3,7,14H2,1-2H3. The second-order valence-corrected chi connectivity index (χ2v) is 4.00. The van der Waals surface area contributed by atoms with Gasteiger partial charge in [0.05, 0.1) is 6.61 Å². The van der Waals surface area contributed by atoms with E-state index in [0.717, 1.165) is 28.9 Å². The van der Waals surface area contributed by atoms with Gasteiger partial charge in [-0.25, -0.2) is 0 Å². The minimum Gasteiger partial charge on any atom is -0.490 e. The van der Waals surface area contributed by atoms with Crippen molar-refractivity contribution in [3.63, 3.8) is 0 Å². The second-order valence-electron chi connectivity index (χ2n) is 4.00. The molecule has 2 N–H and O–H groups in total. The van der Waals surface area contributed by atoms with Crippen molar-refractivity contribution in [1.29, 1.82) is 0 Å². The molecule has 0 aliphatic heterocycles. The molecule has 1 aromatic heterocycles. The van der Waals surface area contributed by atoms with Crippen LogP contribution in [0.2, 0.25) is 0 Å². The van der Waals surface area contributed by atoms with Crippen LogP contribution in [-0.4, -0.2) is 12.6 Å². The number of para-hydroxylation sites is 1. The topological polar surface area (TPSA) is 48.4 Å². The summed E-state index contributed by atoms with van der Waals surface area (Å²) in [4.78, 5) is 0. The summed E-state index contributed by atoms with van der Waals surface area (Å²) < 4.78 is 11.3. The maximum atomic E-state index is 5.76. The van der Waals surface area contributed by atoms with Crippen LogP contribution < -0.4 is 10.5 Å². The van der Waals surface area contributed by atoms with Crippen molar-refractivity contribution >= 4 is 11.0 Å². The number of benzene rings is 1. The van der Waals surface area contributed by atoms with E-state index in [9.17, 15) is 0 Å². The van der Waals surface area contributed by atoms with Crippen molar-refractivity contribution in [3.05, 3.63) is 30.0 Å². The number of hydrogen-bond acceptors (Lipinski definition) is 3. The highest BCUT2D eigenvalue weighted by molar-refractivity contribution is 5.83. The molecule has 0 bridgehead atoms. The third-order valence-corrected chi connectivity index (χ3v) is 2.38. The Bertz CT molecular complexity index is 474. The molecule has 1 unspecified atom stereocenters. The number of ether oxygens (including phenoxy) is 1. The lowest BCUT2D eigenvalue weighted by molar-refractivity contribution is 0.337. The van der Waals surface area contributed by atoms with Gasteiger partial charge in [-0.1, -0.05) is 12.1 Å². The number of furan rings is 1. The molecule has 16 heavy (non-hydrogen) atoms. The molecule has 0 saturated carbocycles. The van der Waals surface area contributed by atoms with E-state index in [-0.39, 0.29) is 6.04 Å². The van der Waals surface area contributed by atoms with E-state index < -0.39 is 0 Å². The molecule has 3 heteroatoms. The highest BCUT2D eigenvalue weighted by Crippen LogP contribution is 2.29. The summed E-state index contributed by atoms with van der Waals surface area (Å²) in [7, 11) is 0. The lowest BCUT2D eigenvalue weighted by atomic mass is 10.2. The minimum absolute atomic E-state index is 0.108. The second kappa shape index (κ2) is 4.58. The Labute approximate surface area is 95.2 Å². The third kappa shape index (κ3) is 2.19. The largest absolute Gasteiger partial charge is 0.490 e. The third-order valence-electron chi connectivity index (χ3n) is 2.38. The van der Waals surface area contributed by atoms with Crippen LogP contribution in [0.1, 0.15) is 19.6 Å². The Morgan fingerprint density at radius 3 is 2.94 bits per heavy atom. The van der Waals surface area contributed by atoms with Gasteiger partial charge in [-0.05, 0) is 26.0 Å². The van der Waals surface area contributed by atoms with Crippen molar-refractivity contribution in [2.24, 2.45) is 5.73 Å². The predicted molar refractivity (Wildman–Crippen MR) is 64.7 cm³/mol. The fourth-order valence-corrected chi connectivity index (χ4v) is 1.78. The molecule has 86 valence electrons. The summed E-state index contributed by atoms with van der Waals surface area (Å²) in [6.45, 7) is 4.57. The van der Waals surface area contributed by atoms with Crippen LogP contribution in [0.4, 0.5) is 0 Å². The van der Waals surface area contributed by atoms with Gasteiger partial charge in [0.15, 0.2) is 11.3 Å². The zero-order chi connectivity index (χ0) is 11.5. The van der Waals surface area contributed by atoms with Crippen molar-refractivity contribution in [2.75, 3.05) is 6.61 Å². The summed E-state index contributed by atoms with van der Waals surface area (Å²) in [6, 6.07) is 8.05. The fourth-order valence-electron chi connectivity index (χ4n) is 1.78. The van der Waals surface area contributed by atoms with Crippen molar-refractivity contribution in [3.8, 4) is 5.75 Å². The first-order valence-corrected chi connectivity index (χ1v) is 5.60. The Morgan fingerprint density at radius 2 is 2.25 bits per heavy atom. The number of fused-ring (bicyclic) bond motifs is 1. The number of rotatable bonds is 4. The molecule has 0 aliphatic rings. The average molecular weight is 219 g/mol. The summed E-state index contributed by atoms with van der Waals surface area (Å²) in [5, 5.41) is 1.07. The van der Waals surface area contributed by atoms with Crippen LogP contribution in [0.15, 0.2) is 28.7 Å². The number of nitrogens with two attached hydrogens (primary N) is 1. The van der Waals surface area contributed by atoms with E-state index in [1.165, 1.54) is 0 Å². The molecule has 0 amide bonds. The van der Waals surface area contributed by atoms with E-state index in [2.05, 4.69) is 0 Å². The smallest absolute Gasteiger partial charge is 0.176 e. The molecular weight excluding hydrogens is 202 g/mol. The Kier molecular flexibility index (Phi) is 3.15. The highest BCUT2D eigenvalue weighted by atomic mass is 16.5. The normalized spacial score (nSPS) is 12.9. The van der Waals surface area contributed by atoms with Gasteiger partial charge in [0.1, 0.15) is 5.76 Å². The average Bonchev–Trinajstić information content (AvgIpc) is 2.60. The van der Waals surface area contributed by atoms with Crippen molar-refractivity contribution in [2.45, 2.75) is 26.3 Å². The Morgan fingerprint density at radius 1 is 1.44 bits per heavy atom. The van der Waals surface area contributed by atoms with E-state index in [0.29, 0.717) is 6.61 Å². The molecule has 1 heterocycles. The molecule has 0 fully saturated rings. The molecule has 1 aromatic carbocycles. The predicted octanol–water partition coefficient (Wildman–Crippen LogP) is 2.72. The van der Waals surface area contributed by atoms with Crippen molar-refractivity contribution < 1.29 is 9.15 Å². The van der Waals surface area contributed by atoms with Gasteiger partial charge in [0, 0.05) is 17.8 Å². The van der Waals surface area contributed by atoms with Gasteiger partial charge in [0.2, 0.25) is 0 Å². The zero-order valence-corrected chi connectivity index (χ0v) is 9.69. The lowest BCUT2D eigenvalue weighted by Crippen LogP contribution is -2.17. The molecule has 2 rings (SSSR count). The van der Waals surface area contributed by atoms with Crippen LogP contribution in [0.25, 0.3) is 11.0 Å². The first-order chi connectivity index (χ1) is 7.70. The van der Waals surface area contributed by atoms with E-state index in [1.54, 1.807) is 0 Å². The first kappa shape index (κ1) is 11.0. The van der Waals surface area contributed by atoms with E-state index >= 15 is 0 Å². The maximum absolute atomic E-state index is 5.76. The molecule has 2 aromatic rings. The molecule has 0 spiro atoms. The van der Waals surface area contributed by atoms with Crippen LogP contribution in [0, 0.1) is 0 Å². The highest BCUT2D eigenvalue weighted by Gasteiger charge is 2.09. The summed E-state index contributed by atoms with van der Waals surface area (Å²) in [5.41, 5.74) is 6.57. The van der Waals surface area contributed by atoms with Crippen LogP contribution >= 0.6 is 0 Å². The molecule has 3 nitrogen and oxygen atoms in total. The molecule has 0 radical (unpaired) electrons. The fraction of sp³-hybridized carbons (Fsp3) is 0.385. The summed E-state index contributed by atoms with van der Waals surface area (Å²) in [6.07, 6.45) is 0.750. The SMILES string of the molecule is CCOc1cccc2cc(CC(C)N)oc12. The van der Waals surface area contributed by atoms with Gasteiger partial charge in [-0.15, -0.1) is 0 Å². The molecule has 0 saturated heterocycles. The van der Waals surface area contributed by atoms with Crippen molar-refractivity contribution in [1.82, 2.24) is 0 Å². The lowest BCUT2D eigenvalue weighted by Gasteiger charge is -2.02. The van der Waals surface area contributed by atoms with Gasteiger partial charge in [-0.2, -0.15) is 0 Å². The van der Waals surface area contributed by atoms with Crippen LogP contribution in [-0.2, 0) is 6.42 Å². The summed E-state index contributed by atoms with van der Waals surface area (Å²) >= 11 is 0. The summed E-state index contributed by atoms with van der Waals surface area (Å²) in [5.74, 6) is 1.72. The molecule has 0 aliphatic carbocycles. The van der Waals surface area contributed by atoms with Gasteiger partial charge < -0.3 is 14.9 Å². The monoisotopic (exact) mass is 219 g/mol. The van der Waals surface area contributed by atoms with E-state index in [1.807, 2.05) is 38.1 Å². The van der Waals surface area contributed by atoms with Gasteiger partial charge >= 0.3 is 0 Å². The van der Waals surface area contributed by atoms with Gasteiger partial charge in [0.25, 0.3) is 0 Å². The molecular formula is C13H17NO2. The molecule has 1 atom stereocenters. The zero-order valence-electron chi connectivity index (χ0n) is 9.69. The maximum Gasteiger partial charge on any atom is 0.176 e. The van der Waals surface area contributed by atoms with Crippen LogP contribution in [0.3, 0.4) is 0 Å². The Balaban J connectivity index is 2.40. The Hall–Kier alpha value is -1.48. The van der Waals surface area contributed by atoms with Gasteiger partial charge in [-0.3, -0.25) is 0 Å². The first-order valence-electron chi connectivity index (χ1n) is 5.60.